The summed E-state index contributed by atoms with van der Waals surface area (Å²) in [5.74, 6) is 4.46. The molecule has 1 aliphatic rings. The second kappa shape index (κ2) is 49.3. The zero-order valence-electron chi connectivity index (χ0n) is 69.8. The van der Waals surface area contributed by atoms with Crippen molar-refractivity contribution in [2.24, 2.45) is 46.8 Å². The number of ketones is 7. The Labute approximate surface area is 643 Å². The van der Waals surface area contributed by atoms with Crippen molar-refractivity contribution in [3.05, 3.63) is 166 Å². The van der Waals surface area contributed by atoms with E-state index in [2.05, 4.69) is 101 Å². The van der Waals surface area contributed by atoms with Crippen molar-refractivity contribution >= 4 is 69.3 Å². The van der Waals surface area contributed by atoms with Gasteiger partial charge in [-0.05, 0) is 145 Å². The Morgan fingerprint density at radius 2 is 0.925 bits per heavy atom. The lowest BCUT2D eigenvalue weighted by atomic mass is 9.92. The lowest BCUT2D eigenvalue weighted by Gasteiger charge is -2.18. The molecule has 1 saturated carbocycles. The van der Waals surface area contributed by atoms with E-state index in [1.807, 2.05) is 222 Å². The standard InChI is InChI=1S/2C14H21NO.C13H19NO2.C13H19NO.C13H18O2.C11H17NO2S.C11H21NO/c1-10(2)14(16)9-12-5-7-13(8-6-12)15-11(3)4;1-10(2)14(16)13-7-5-6-12(8-13)9-15-11(3)4;1-8(2)13(16)10-5-6-12(15)11(7-10)14-9(3)4;1-9(2)13(15)11-6-5-7-12(8-11)14-10(3)4;1-9(2)13(14)11-6-5-7-12(8-11)15-10(3)4;1-7(2)10(13)11-12-5-9(14-11)6-15-8(3)4;1-8(2)10(13)11(5-6-11)7-12-9(3)4/h2*5-8,10-11,15H,9H2,1-4H3;5-9,14-15H,1-4H3;5-10,14H,1-4H3;5-10H,1-4H3;5,7-8H,6H2,1-4H3;8-9,12H,5-7H2,1-4H3. The molecule has 0 bridgehead atoms. The highest BCUT2D eigenvalue weighted by Crippen LogP contribution is 2.47. The summed E-state index contributed by atoms with van der Waals surface area (Å²) in [5, 5.41) is 26.6. The van der Waals surface area contributed by atoms with Crippen LogP contribution in [0.1, 0.15) is 276 Å². The molecule has 106 heavy (non-hydrogen) atoms. The van der Waals surface area contributed by atoms with Crippen molar-refractivity contribution in [2.75, 3.05) is 22.5 Å². The van der Waals surface area contributed by atoms with Crippen LogP contribution in [0.4, 0.5) is 17.1 Å². The number of carbonyl (C=O) groups excluding carboxylic acids is 7. The number of thioether (sulfide) groups is 1. The van der Waals surface area contributed by atoms with E-state index in [-0.39, 0.29) is 99.5 Å². The van der Waals surface area contributed by atoms with Crippen LogP contribution in [0.2, 0.25) is 0 Å². The first-order valence-electron chi connectivity index (χ1n) is 38.4. The number of aromatic hydroxyl groups is 1. The number of oxazole rings is 1. The van der Waals surface area contributed by atoms with Crippen LogP contribution in [0.15, 0.2) is 126 Å². The van der Waals surface area contributed by atoms with Crippen LogP contribution in [0.25, 0.3) is 0 Å². The van der Waals surface area contributed by atoms with Crippen LogP contribution in [0, 0.1) is 46.8 Å². The van der Waals surface area contributed by atoms with Crippen LogP contribution in [0.5, 0.6) is 11.5 Å². The highest BCUT2D eigenvalue weighted by Gasteiger charge is 2.49. The van der Waals surface area contributed by atoms with Gasteiger partial charge in [-0.1, -0.05) is 193 Å². The third-order valence-electron chi connectivity index (χ3n) is 15.9. The summed E-state index contributed by atoms with van der Waals surface area (Å²) in [7, 11) is 0. The van der Waals surface area contributed by atoms with Gasteiger partial charge in [0.05, 0.1) is 23.7 Å². The molecule has 1 fully saturated rings. The molecule has 1 aliphatic carbocycles. The van der Waals surface area contributed by atoms with Gasteiger partial charge in [-0.25, -0.2) is 4.98 Å². The molecule has 1 heterocycles. The van der Waals surface area contributed by atoms with E-state index >= 15 is 0 Å². The van der Waals surface area contributed by atoms with Gasteiger partial charge in [0.2, 0.25) is 5.78 Å². The van der Waals surface area contributed by atoms with Gasteiger partial charge in [-0.3, -0.25) is 33.6 Å². The molecule has 0 atom stereocenters. The molecule has 16 nitrogen and oxygen atoms in total. The monoisotopic (exact) mass is 1480 g/mol. The SMILES string of the molecule is CC(C)NCC1(C(=O)C(C)C)CC1.CC(C)NCc1cccc(C(=O)C(C)C)c1.CC(C)Nc1cc(C(=O)C(C)C)ccc1O.CC(C)Nc1ccc(CC(=O)C(C)C)cc1.CC(C)Nc1cccc(C(=O)C(C)C)c1.CC(C)Oc1cccc(C(=O)C(C)C)c1.CC(C)SCc1cnc(C(=O)C(C)C)o1. The summed E-state index contributed by atoms with van der Waals surface area (Å²) in [6, 6.07) is 37.9. The van der Waals surface area contributed by atoms with E-state index < -0.39 is 0 Å². The van der Waals surface area contributed by atoms with E-state index in [1.54, 1.807) is 36.2 Å². The largest absolute Gasteiger partial charge is 0.506 e. The van der Waals surface area contributed by atoms with Crippen LogP contribution in [-0.2, 0) is 28.3 Å². The van der Waals surface area contributed by atoms with Crippen molar-refractivity contribution < 1.29 is 47.8 Å². The lowest BCUT2D eigenvalue weighted by molar-refractivity contribution is -0.127. The molecule has 1 aromatic heterocycles. The summed E-state index contributed by atoms with van der Waals surface area (Å²) in [5.41, 5.74) is 7.97. The normalized spacial score (nSPS) is 12.0. The number of nitrogens with one attached hydrogen (secondary N) is 5. The molecule has 588 valence electrons. The fourth-order valence-corrected chi connectivity index (χ4v) is 10.4. The average molecular weight is 1480 g/mol. The maximum Gasteiger partial charge on any atom is 0.263 e. The van der Waals surface area contributed by atoms with E-state index in [4.69, 9.17) is 9.15 Å². The number of hydrogen-bond donors (Lipinski definition) is 6. The molecule has 5 aromatic carbocycles. The molecule has 6 N–H and O–H groups in total. The quantitative estimate of drug-likeness (QED) is 0.0170. The maximum atomic E-state index is 11.8. The van der Waals surface area contributed by atoms with Gasteiger partial charge in [0.15, 0.2) is 23.1 Å². The van der Waals surface area contributed by atoms with E-state index in [0.717, 1.165) is 76.8 Å². The van der Waals surface area contributed by atoms with E-state index in [9.17, 15) is 38.7 Å². The van der Waals surface area contributed by atoms with Gasteiger partial charge in [0.25, 0.3) is 5.89 Å². The predicted molar refractivity (Wildman–Crippen MR) is 445 cm³/mol. The number of phenols is 1. The number of phenolic OH excluding ortho intramolecular Hbond substituents is 1. The molecule has 0 aliphatic heterocycles. The van der Waals surface area contributed by atoms with E-state index in [1.165, 1.54) is 5.56 Å². The molecule has 7 rings (SSSR count). The van der Waals surface area contributed by atoms with Gasteiger partial charge >= 0.3 is 0 Å². The number of hydrogen-bond acceptors (Lipinski definition) is 17. The first kappa shape index (κ1) is 96.3. The van der Waals surface area contributed by atoms with Crippen molar-refractivity contribution in [3.63, 3.8) is 0 Å². The molecule has 17 heteroatoms. The highest BCUT2D eigenvalue weighted by molar-refractivity contribution is 7.99. The highest BCUT2D eigenvalue weighted by atomic mass is 32.2. The number of aromatic nitrogens is 1. The summed E-state index contributed by atoms with van der Waals surface area (Å²) in [6.45, 7) is 57.5. The Balaban J connectivity index is 0.000000619. The van der Waals surface area contributed by atoms with Crippen molar-refractivity contribution in [1.82, 2.24) is 15.6 Å². The van der Waals surface area contributed by atoms with Crippen LogP contribution >= 0.6 is 11.8 Å². The fourth-order valence-electron chi connectivity index (χ4n) is 9.81. The molecule has 6 aromatic rings. The molecule has 0 unspecified atom stereocenters. The van der Waals surface area contributed by atoms with Gasteiger partial charge < -0.3 is 40.8 Å². The molecular weight excluding hydrogens is 1350 g/mol. The second-order valence-corrected chi connectivity index (χ2v) is 33.1. The number of anilines is 3. The molecule has 0 radical (unpaired) electrons. The second-order valence-electron chi connectivity index (χ2n) is 31.6. The summed E-state index contributed by atoms with van der Waals surface area (Å²) in [4.78, 5) is 86.0. The smallest absolute Gasteiger partial charge is 0.263 e. The Bertz CT molecular complexity index is 3520. The third-order valence-corrected chi connectivity index (χ3v) is 17.0. The van der Waals surface area contributed by atoms with Gasteiger partial charge in [0, 0.05) is 130 Å². The minimum absolute atomic E-state index is 0.0123. The fraction of sp³-hybridized carbons (Fsp3) is 0.551. The van der Waals surface area contributed by atoms with Gasteiger partial charge in [0.1, 0.15) is 28.8 Å². The van der Waals surface area contributed by atoms with Crippen molar-refractivity contribution in [1.29, 1.82) is 0 Å². The molecule has 0 spiro atoms. The average Bonchev–Trinajstić information content (AvgIpc) is 1.63. The Kier molecular flexibility index (Phi) is 44.7. The molecule has 0 amide bonds. The van der Waals surface area contributed by atoms with Crippen LogP contribution in [-0.4, -0.2) is 98.7 Å². The minimum atomic E-state index is -0.0609. The number of ether oxygens (including phenoxy) is 1. The summed E-state index contributed by atoms with van der Waals surface area (Å²) >= 11 is 1.77. The van der Waals surface area contributed by atoms with Crippen LogP contribution in [0.3, 0.4) is 0 Å². The van der Waals surface area contributed by atoms with Gasteiger partial charge in [-0.2, -0.15) is 11.8 Å². The Hall–Kier alpha value is -7.73. The number of rotatable bonds is 32. The predicted octanol–water partition coefficient (Wildman–Crippen LogP) is 21.2. The summed E-state index contributed by atoms with van der Waals surface area (Å²) in [6.07, 6.45) is 4.49. The first-order chi connectivity index (χ1) is 49.4. The number of carbonyl (C=O) groups is 7. The lowest BCUT2D eigenvalue weighted by Crippen LogP contribution is -2.35. The van der Waals surface area contributed by atoms with E-state index in [0.29, 0.717) is 58.7 Å². The molecule has 0 saturated heterocycles. The zero-order valence-corrected chi connectivity index (χ0v) is 70.7. The maximum absolute atomic E-state index is 11.8. The van der Waals surface area contributed by atoms with Crippen molar-refractivity contribution in [2.45, 2.75) is 267 Å². The number of nitrogens with zero attached hydrogens (tertiary/aromatic N) is 1. The number of Topliss-reactive ketones (excluding diaryl/α,β-unsaturated/α-hetero) is 7. The van der Waals surface area contributed by atoms with Crippen LogP contribution < -0.4 is 31.3 Å². The Morgan fingerprint density at radius 1 is 0.462 bits per heavy atom. The Morgan fingerprint density at radius 3 is 1.37 bits per heavy atom. The minimum Gasteiger partial charge on any atom is -0.506 e. The first-order valence-corrected chi connectivity index (χ1v) is 39.4. The van der Waals surface area contributed by atoms with Crippen molar-refractivity contribution in [3.8, 4) is 11.5 Å². The topological polar surface area (TPSA) is 235 Å². The van der Waals surface area contributed by atoms with Gasteiger partial charge in [-0.15, -0.1) is 0 Å². The summed E-state index contributed by atoms with van der Waals surface area (Å²) < 4.78 is 10.9. The number of benzene rings is 5. The molecular formula is C89H136N6O10S. The zero-order chi connectivity index (χ0) is 80.9. The third kappa shape index (κ3) is 39.2.